The fraction of sp³-hybridized carbons (Fsp3) is 0.231. The van der Waals surface area contributed by atoms with Crippen molar-refractivity contribution in [2.24, 2.45) is 0 Å². The average molecular weight is 530 g/mol. The average Bonchev–Trinajstić information content (AvgIpc) is 2.90. The third-order valence-electron chi connectivity index (χ3n) is 5.68. The van der Waals surface area contributed by atoms with Crippen LogP contribution in [0.25, 0.3) is 0 Å². The minimum Gasteiger partial charge on any atom is -0.497 e. The first-order valence-corrected chi connectivity index (χ1v) is 13.0. The lowest BCUT2D eigenvalue weighted by Crippen LogP contribution is -2.50. The van der Waals surface area contributed by atoms with E-state index in [1.165, 1.54) is 43.3 Å². The molecule has 1 N–H and O–H groups in total. The molecule has 0 aliphatic rings. The standard InChI is InChI=1S/C26H28ClN3O5S/c1-19(26(32)28-2)29(17-20-9-7-8-12-24(20)27)25(31)18-30(21-10-5-4-6-11-21)36(33,34)23-15-13-22(35-3)14-16-23/h4-16,19H,17-18H2,1-3H3,(H,28,32)/t19-/m1/s1. The van der Waals surface area contributed by atoms with Crippen molar-refractivity contribution >= 4 is 39.1 Å². The van der Waals surface area contributed by atoms with Crippen LogP contribution in [-0.2, 0) is 26.2 Å². The van der Waals surface area contributed by atoms with E-state index in [-0.39, 0.29) is 17.3 Å². The van der Waals surface area contributed by atoms with Gasteiger partial charge in [0.25, 0.3) is 10.0 Å². The highest BCUT2D eigenvalue weighted by molar-refractivity contribution is 7.92. The van der Waals surface area contributed by atoms with Crippen LogP contribution in [0.5, 0.6) is 5.75 Å². The van der Waals surface area contributed by atoms with E-state index in [2.05, 4.69) is 5.32 Å². The van der Waals surface area contributed by atoms with Gasteiger partial charge >= 0.3 is 0 Å². The van der Waals surface area contributed by atoms with Gasteiger partial charge in [-0.1, -0.05) is 48.0 Å². The number of carbonyl (C=O) groups is 2. The number of likely N-dealkylation sites (N-methyl/N-ethyl adjacent to an activating group) is 1. The Bertz CT molecular complexity index is 1300. The molecular formula is C26H28ClN3O5S. The topological polar surface area (TPSA) is 96.0 Å². The summed E-state index contributed by atoms with van der Waals surface area (Å²) in [6.45, 7) is 1.08. The lowest BCUT2D eigenvalue weighted by atomic mass is 10.1. The van der Waals surface area contributed by atoms with Gasteiger partial charge in [0.2, 0.25) is 11.8 Å². The predicted octanol–water partition coefficient (Wildman–Crippen LogP) is 3.71. The molecule has 1 atom stereocenters. The van der Waals surface area contributed by atoms with Gasteiger partial charge in [-0.3, -0.25) is 13.9 Å². The highest BCUT2D eigenvalue weighted by Gasteiger charge is 2.32. The number of ether oxygens (including phenoxy) is 1. The molecule has 0 aliphatic carbocycles. The third kappa shape index (κ3) is 6.16. The SMILES string of the molecule is CNC(=O)[C@@H](C)N(Cc1ccccc1Cl)C(=O)CN(c1ccccc1)S(=O)(=O)c1ccc(OC)cc1. The van der Waals surface area contributed by atoms with Crippen LogP contribution in [0.2, 0.25) is 5.02 Å². The van der Waals surface area contributed by atoms with Crippen molar-refractivity contribution in [1.29, 1.82) is 0 Å². The maximum Gasteiger partial charge on any atom is 0.264 e. The number of hydrogen-bond acceptors (Lipinski definition) is 5. The molecular weight excluding hydrogens is 502 g/mol. The van der Waals surface area contributed by atoms with Gasteiger partial charge in [0, 0.05) is 18.6 Å². The maximum atomic E-state index is 13.7. The number of hydrogen-bond donors (Lipinski definition) is 1. The van der Waals surface area contributed by atoms with Crippen LogP contribution < -0.4 is 14.4 Å². The summed E-state index contributed by atoms with van der Waals surface area (Å²) in [7, 11) is -1.18. The Hall–Kier alpha value is -3.56. The van der Waals surface area contributed by atoms with Gasteiger partial charge < -0.3 is 15.0 Å². The quantitative estimate of drug-likeness (QED) is 0.432. The van der Waals surface area contributed by atoms with Gasteiger partial charge in [-0.2, -0.15) is 0 Å². The summed E-state index contributed by atoms with van der Waals surface area (Å²) < 4.78 is 33.5. The Labute approximate surface area is 216 Å². The van der Waals surface area contributed by atoms with Crippen LogP contribution in [0.15, 0.2) is 83.8 Å². The van der Waals surface area contributed by atoms with E-state index in [1.807, 2.05) is 0 Å². The molecule has 0 bridgehead atoms. The first-order chi connectivity index (χ1) is 17.2. The number of carbonyl (C=O) groups excluding carboxylic acids is 2. The summed E-state index contributed by atoms with van der Waals surface area (Å²) in [5.41, 5.74) is 0.944. The molecule has 0 unspecified atom stereocenters. The van der Waals surface area contributed by atoms with E-state index in [9.17, 15) is 18.0 Å². The molecule has 0 aliphatic heterocycles. The van der Waals surface area contributed by atoms with Crippen LogP contribution in [0.4, 0.5) is 5.69 Å². The predicted molar refractivity (Wildman–Crippen MR) is 139 cm³/mol. The van der Waals surface area contributed by atoms with E-state index in [0.29, 0.717) is 22.0 Å². The summed E-state index contributed by atoms with van der Waals surface area (Å²) in [5, 5.41) is 2.98. The number of nitrogens with one attached hydrogen (secondary N) is 1. The first kappa shape index (κ1) is 27.0. The second-order valence-electron chi connectivity index (χ2n) is 7.93. The molecule has 0 saturated carbocycles. The Morgan fingerprint density at radius 2 is 1.58 bits per heavy atom. The van der Waals surface area contributed by atoms with Gasteiger partial charge in [0.1, 0.15) is 18.3 Å². The zero-order valence-electron chi connectivity index (χ0n) is 20.2. The number of anilines is 1. The normalized spacial score (nSPS) is 11.9. The van der Waals surface area contributed by atoms with Crippen molar-refractivity contribution in [2.75, 3.05) is 25.0 Å². The Balaban J connectivity index is 2.01. The Kier molecular flexibility index (Phi) is 8.95. The lowest BCUT2D eigenvalue weighted by molar-refractivity contribution is -0.139. The van der Waals surface area contributed by atoms with Crippen molar-refractivity contribution in [3.63, 3.8) is 0 Å². The molecule has 10 heteroatoms. The fourth-order valence-electron chi connectivity index (χ4n) is 3.60. The fourth-order valence-corrected chi connectivity index (χ4v) is 5.21. The summed E-state index contributed by atoms with van der Waals surface area (Å²) in [5.74, 6) is -0.451. The molecule has 0 fully saturated rings. The zero-order chi connectivity index (χ0) is 26.3. The van der Waals surface area contributed by atoms with E-state index >= 15 is 0 Å². The van der Waals surface area contributed by atoms with Crippen LogP contribution in [-0.4, -0.2) is 51.9 Å². The van der Waals surface area contributed by atoms with Crippen molar-refractivity contribution in [1.82, 2.24) is 10.2 Å². The number of benzene rings is 3. The van der Waals surface area contributed by atoms with E-state index in [4.69, 9.17) is 16.3 Å². The third-order valence-corrected chi connectivity index (χ3v) is 7.84. The minimum atomic E-state index is -4.14. The van der Waals surface area contributed by atoms with E-state index in [1.54, 1.807) is 61.5 Å². The number of amides is 2. The summed E-state index contributed by atoms with van der Waals surface area (Å²) in [4.78, 5) is 27.5. The molecule has 0 heterocycles. The van der Waals surface area contributed by atoms with Gasteiger partial charge in [0.15, 0.2) is 0 Å². The second kappa shape index (κ2) is 11.9. The number of methoxy groups -OCH3 is 1. The van der Waals surface area contributed by atoms with Gasteiger partial charge in [-0.15, -0.1) is 0 Å². The molecule has 3 aromatic rings. The second-order valence-corrected chi connectivity index (χ2v) is 10.2. The van der Waals surface area contributed by atoms with Gasteiger partial charge in [-0.05, 0) is 55.0 Å². The number of para-hydroxylation sites is 1. The number of rotatable bonds is 10. The van der Waals surface area contributed by atoms with E-state index in [0.717, 1.165) is 4.31 Å². The van der Waals surface area contributed by atoms with Crippen molar-refractivity contribution in [3.05, 3.63) is 89.4 Å². The van der Waals surface area contributed by atoms with E-state index < -0.39 is 28.5 Å². The molecule has 2 amide bonds. The molecule has 0 spiro atoms. The summed E-state index contributed by atoms with van der Waals surface area (Å²) >= 11 is 6.32. The molecule has 0 aromatic heterocycles. The molecule has 0 radical (unpaired) electrons. The minimum absolute atomic E-state index is 0.00282. The van der Waals surface area contributed by atoms with Crippen LogP contribution in [0.1, 0.15) is 12.5 Å². The highest BCUT2D eigenvalue weighted by atomic mass is 35.5. The molecule has 3 aromatic carbocycles. The number of sulfonamides is 1. The summed E-state index contributed by atoms with van der Waals surface area (Å²) in [6.07, 6.45) is 0. The Morgan fingerprint density at radius 3 is 2.17 bits per heavy atom. The summed E-state index contributed by atoms with van der Waals surface area (Å²) in [6, 6.07) is 20.4. The Morgan fingerprint density at radius 1 is 0.972 bits per heavy atom. The van der Waals surface area contributed by atoms with Crippen LogP contribution in [0.3, 0.4) is 0 Å². The lowest BCUT2D eigenvalue weighted by Gasteiger charge is -2.32. The molecule has 8 nitrogen and oxygen atoms in total. The van der Waals surface area contributed by atoms with Crippen LogP contribution >= 0.6 is 11.6 Å². The first-order valence-electron chi connectivity index (χ1n) is 11.2. The van der Waals surface area contributed by atoms with Crippen LogP contribution in [0, 0.1) is 0 Å². The van der Waals surface area contributed by atoms with Gasteiger partial charge in [0.05, 0.1) is 17.7 Å². The number of nitrogens with zero attached hydrogens (tertiary/aromatic N) is 2. The molecule has 0 saturated heterocycles. The largest absolute Gasteiger partial charge is 0.497 e. The van der Waals surface area contributed by atoms with Crippen molar-refractivity contribution < 1.29 is 22.7 Å². The molecule has 3 rings (SSSR count). The molecule has 36 heavy (non-hydrogen) atoms. The van der Waals surface area contributed by atoms with Crippen molar-refractivity contribution in [3.8, 4) is 5.75 Å². The number of halogens is 1. The smallest absolute Gasteiger partial charge is 0.264 e. The monoisotopic (exact) mass is 529 g/mol. The van der Waals surface area contributed by atoms with Gasteiger partial charge in [-0.25, -0.2) is 8.42 Å². The highest BCUT2D eigenvalue weighted by Crippen LogP contribution is 2.26. The molecule has 190 valence electrons. The van der Waals surface area contributed by atoms with Crippen molar-refractivity contribution in [2.45, 2.75) is 24.4 Å². The zero-order valence-corrected chi connectivity index (χ0v) is 21.8. The maximum absolute atomic E-state index is 13.7.